The summed E-state index contributed by atoms with van der Waals surface area (Å²) in [6, 6.07) is 9.15. The highest BCUT2D eigenvalue weighted by molar-refractivity contribution is 7.19. The number of amides is 1. The lowest BCUT2D eigenvalue weighted by Crippen LogP contribution is -2.40. The van der Waals surface area contributed by atoms with Gasteiger partial charge in [0.1, 0.15) is 10.9 Å². The molecule has 1 saturated heterocycles. The van der Waals surface area contributed by atoms with Crippen LogP contribution in [0, 0.1) is 6.92 Å². The number of rotatable bonds is 3. The maximum Gasteiger partial charge on any atom is 0.326 e. The molecular formula is C18H17N3O3S. The standard InChI is InChI=1S/C18H17N3O3S/c1-11-15(16(22)20-9-5-8-14(20)17(23)24)25-18-19-13(10-21(11)18)12-6-3-2-4-7-12/h2-4,6-7,10,14H,5,8-9H2,1H3,(H,23,24). The molecule has 1 amide bonds. The molecule has 7 heteroatoms. The first-order valence-corrected chi connectivity index (χ1v) is 8.95. The molecular weight excluding hydrogens is 338 g/mol. The SMILES string of the molecule is Cc1c(C(=O)N2CCCC2C(=O)O)sc2nc(-c3ccccc3)cn12. The van der Waals surface area contributed by atoms with Gasteiger partial charge in [0.05, 0.1) is 5.69 Å². The van der Waals surface area contributed by atoms with Crippen molar-refractivity contribution >= 4 is 28.2 Å². The second-order valence-corrected chi connectivity index (χ2v) is 7.13. The van der Waals surface area contributed by atoms with Gasteiger partial charge in [-0.2, -0.15) is 0 Å². The molecule has 1 atom stereocenters. The summed E-state index contributed by atoms with van der Waals surface area (Å²) in [7, 11) is 0. The Morgan fingerprint density at radius 3 is 2.72 bits per heavy atom. The molecule has 0 saturated carbocycles. The van der Waals surface area contributed by atoms with Crippen molar-refractivity contribution in [3.63, 3.8) is 0 Å². The number of carboxylic acids is 1. The third kappa shape index (κ3) is 2.60. The summed E-state index contributed by atoms with van der Waals surface area (Å²) in [4.78, 5) is 31.6. The number of imidazole rings is 1. The van der Waals surface area contributed by atoms with Crippen molar-refractivity contribution in [3.8, 4) is 11.3 Å². The van der Waals surface area contributed by atoms with Crippen molar-refractivity contribution in [2.24, 2.45) is 0 Å². The summed E-state index contributed by atoms with van der Waals surface area (Å²) < 4.78 is 1.91. The van der Waals surface area contributed by atoms with Crippen molar-refractivity contribution in [2.45, 2.75) is 25.8 Å². The second kappa shape index (κ2) is 6.00. The van der Waals surface area contributed by atoms with Crippen LogP contribution in [0.4, 0.5) is 0 Å². The number of likely N-dealkylation sites (tertiary alicyclic amines) is 1. The van der Waals surface area contributed by atoms with Crippen LogP contribution in [0.15, 0.2) is 36.5 Å². The molecule has 0 bridgehead atoms. The highest BCUT2D eigenvalue weighted by Gasteiger charge is 2.36. The van der Waals surface area contributed by atoms with Crippen molar-refractivity contribution in [2.75, 3.05) is 6.54 Å². The smallest absolute Gasteiger partial charge is 0.326 e. The van der Waals surface area contributed by atoms with Gasteiger partial charge >= 0.3 is 5.97 Å². The van der Waals surface area contributed by atoms with Gasteiger partial charge < -0.3 is 10.0 Å². The lowest BCUT2D eigenvalue weighted by Gasteiger charge is -2.20. The van der Waals surface area contributed by atoms with Crippen molar-refractivity contribution in [1.82, 2.24) is 14.3 Å². The molecule has 1 fully saturated rings. The first kappa shape index (κ1) is 15.8. The molecule has 0 spiro atoms. The van der Waals surface area contributed by atoms with Crippen LogP contribution in [0.1, 0.15) is 28.2 Å². The van der Waals surface area contributed by atoms with Gasteiger partial charge in [0.2, 0.25) is 0 Å². The number of aryl methyl sites for hydroxylation is 1. The number of benzene rings is 1. The molecule has 1 unspecified atom stereocenters. The number of carbonyl (C=O) groups excluding carboxylic acids is 1. The van der Waals surface area contributed by atoms with Crippen LogP contribution in [0.2, 0.25) is 0 Å². The van der Waals surface area contributed by atoms with Gasteiger partial charge in [-0.15, -0.1) is 0 Å². The monoisotopic (exact) mass is 355 g/mol. The minimum Gasteiger partial charge on any atom is -0.480 e. The Morgan fingerprint density at radius 2 is 2.04 bits per heavy atom. The molecule has 3 heterocycles. The van der Waals surface area contributed by atoms with E-state index in [0.29, 0.717) is 17.8 Å². The lowest BCUT2D eigenvalue weighted by molar-refractivity contribution is -0.141. The van der Waals surface area contributed by atoms with Crippen LogP contribution >= 0.6 is 11.3 Å². The molecule has 1 aliphatic rings. The third-order valence-corrected chi connectivity index (χ3v) is 5.76. The van der Waals surface area contributed by atoms with Crippen molar-refractivity contribution in [1.29, 1.82) is 0 Å². The number of fused-ring (bicyclic) bond motifs is 1. The van der Waals surface area contributed by atoms with Gasteiger partial charge in [0, 0.05) is 24.0 Å². The molecule has 3 aromatic rings. The molecule has 25 heavy (non-hydrogen) atoms. The van der Waals surface area contributed by atoms with E-state index in [1.165, 1.54) is 16.2 Å². The van der Waals surface area contributed by atoms with E-state index in [4.69, 9.17) is 0 Å². The van der Waals surface area contributed by atoms with E-state index in [9.17, 15) is 14.7 Å². The number of aromatic nitrogens is 2. The predicted molar refractivity (Wildman–Crippen MR) is 94.9 cm³/mol. The molecule has 128 valence electrons. The number of hydrogen-bond acceptors (Lipinski definition) is 4. The summed E-state index contributed by atoms with van der Waals surface area (Å²) in [5.74, 6) is -1.14. The van der Waals surface area contributed by atoms with Crippen molar-refractivity contribution < 1.29 is 14.7 Å². The van der Waals surface area contributed by atoms with E-state index in [1.54, 1.807) is 0 Å². The Hall–Kier alpha value is -2.67. The average molecular weight is 355 g/mol. The summed E-state index contributed by atoms with van der Waals surface area (Å²) in [6.45, 7) is 2.36. The second-order valence-electron chi connectivity index (χ2n) is 6.16. The average Bonchev–Trinajstić information content (AvgIpc) is 3.31. The molecule has 6 nitrogen and oxygen atoms in total. The molecule has 1 N–H and O–H groups in total. The number of thiazole rings is 1. The Kier molecular flexibility index (Phi) is 3.80. The zero-order chi connectivity index (χ0) is 17.6. The van der Waals surface area contributed by atoms with E-state index in [0.717, 1.165) is 28.3 Å². The fourth-order valence-electron chi connectivity index (χ4n) is 3.29. The Morgan fingerprint density at radius 1 is 1.28 bits per heavy atom. The van der Waals surface area contributed by atoms with E-state index in [-0.39, 0.29) is 5.91 Å². The fraction of sp³-hybridized carbons (Fsp3) is 0.278. The summed E-state index contributed by atoms with van der Waals surface area (Å²) in [6.07, 6.45) is 3.16. The molecule has 1 aliphatic heterocycles. The highest BCUT2D eigenvalue weighted by Crippen LogP contribution is 2.30. The molecule has 0 aliphatic carbocycles. The Labute approximate surface area is 148 Å². The fourth-order valence-corrected chi connectivity index (χ4v) is 4.36. The van der Waals surface area contributed by atoms with Gasteiger partial charge in [0.15, 0.2) is 4.96 Å². The quantitative estimate of drug-likeness (QED) is 0.783. The molecule has 0 radical (unpaired) electrons. The number of hydrogen-bond donors (Lipinski definition) is 1. The highest BCUT2D eigenvalue weighted by atomic mass is 32.1. The molecule has 4 rings (SSSR count). The third-order valence-electron chi connectivity index (χ3n) is 4.62. The maximum atomic E-state index is 12.8. The number of carbonyl (C=O) groups is 2. The van der Waals surface area contributed by atoms with Gasteiger partial charge in [-0.25, -0.2) is 9.78 Å². The Bertz CT molecular complexity index is 961. The maximum absolute atomic E-state index is 12.8. The minimum atomic E-state index is -0.934. The van der Waals surface area contributed by atoms with Crippen LogP contribution < -0.4 is 0 Å². The van der Waals surface area contributed by atoms with E-state index in [1.807, 2.05) is 47.9 Å². The lowest BCUT2D eigenvalue weighted by atomic mass is 10.2. The van der Waals surface area contributed by atoms with Crippen LogP contribution in [0.5, 0.6) is 0 Å². The molecule has 2 aromatic heterocycles. The summed E-state index contributed by atoms with van der Waals surface area (Å²) in [5.41, 5.74) is 2.69. The number of carboxylic acid groups (broad SMARTS) is 1. The normalized spacial score (nSPS) is 17.3. The van der Waals surface area contributed by atoms with E-state index in [2.05, 4.69) is 4.98 Å². The number of nitrogens with zero attached hydrogens (tertiary/aromatic N) is 3. The van der Waals surface area contributed by atoms with Crippen molar-refractivity contribution in [3.05, 3.63) is 47.1 Å². The largest absolute Gasteiger partial charge is 0.480 e. The zero-order valence-corrected chi connectivity index (χ0v) is 14.5. The van der Waals surface area contributed by atoms with E-state index >= 15 is 0 Å². The number of aliphatic carboxylic acids is 1. The zero-order valence-electron chi connectivity index (χ0n) is 13.7. The van der Waals surface area contributed by atoms with Crippen LogP contribution in [-0.2, 0) is 4.79 Å². The van der Waals surface area contributed by atoms with Gasteiger partial charge in [-0.3, -0.25) is 9.20 Å². The predicted octanol–water partition coefficient (Wildman–Crippen LogP) is 3.06. The van der Waals surface area contributed by atoms with E-state index < -0.39 is 12.0 Å². The minimum absolute atomic E-state index is 0.209. The Balaban J connectivity index is 1.70. The topological polar surface area (TPSA) is 74.9 Å². The van der Waals surface area contributed by atoms with Gasteiger partial charge in [-0.05, 0) is 19.8 Å². The van der Waals surface area contributed by atoms with Crippen LogP contribution in [0.25, 0.3) is 16.2 Å². The van der Waals surface area contributed by atoms with Gasteiger partial charge in [0.25, 0.3) is 5.91 Å². The molecule has 1 aromatic carbocycles. The first-order valence-electron chi connectivity index (χ1n) is 8.14. The summed E-state index contributed by atoms with van der Waals surface area (Å²) >= 11 is 1.32. The van der Waals surface area contributed by atoms with Crippen LogP contribution in [0.3, 0.4) is 0 Å². The summed E-state index contributed by atoms with van der Waals surface area (Å²) in [5, 5.41) is 9.30. The van der Waals surface area contributed by atoms with Gasteiger partial charge in [-0.1, -0.05) is 41.7 Å². The first-order chi connectivity index (χ1) is 12.1. The van der Waals surface area contributed by atoms with Crippen LogP contribution in [-0.4, -0.2) is 43.9 Å².